The van der Waals surface area contributed by atoms with Crippen LogP contribution in [0.1, 0.15) is 33.8 Å². The van der Waals surface area contributed by atoms with Crippen molar-refractivity contribution in [3.63, 3.8) is 0 Å². The molecule has 0 spiro atoms. The highest BCUT2D eigenvalue weighted by molar-refractivity contribution is 7.83. The molecule has 3 aromatic carbocycles. The number of carbonyl (C=O) groups is 1. The lowest BCUT2D eigenvalue weighted by atomic mass is 10.0. The highest BCUT2D eigenvalue weighted by atomic mass is 32.2. The molecule has 2 atom stereocenters. The van der Waals surface area contributed by atoms with Gasteiger partial charge in [-0.25, -0.2) is 0 Å². The van der Waals surface area contributed by atoms with Crippen molar-refractivity contribution in [1.82, 2.24) is 5.32 Å². The first-order valence-corrected chi connectivity index (χ1v) is 11.7. The van der Waals surface area contributed by atoms with E-state index in [0.29, 0.717) is 10.6 Å². The van der Waals surface area contributed by atoms with Gasteiger partial charge in [-0.3, -0.25) is 9.00 Å². The summed E-state index contributed by atoms with van der Waals surface area (Å²) in [5.74, 6) is 0.277. The molecule has 0 saturated heterocycles. The average molecular weight is 408 g/mol. The molecule has 1 aromatic heterocycles. The number of hydrogen-bond donors (Lipinski definition) is 1. The SMILES string of the molecule is C[C@@H](NC(=O)c1sc2ccccc2c1C[S@@](C)=O)c1ccc2ccccc2c1. The Bertz CT molecular complexity index is 1200. The first kappa shape index (κ1) is 18.8. The molecule has 0 fully saturated rings. The van der Waals surface area contributed by atoms with Crippen LogP contribution in [0.4, 0.5) is 0 Å². The highest BCUT2D eigenvalue weighted by Crippen LogP contribution is 2.32. The maximum Gasteiger partial charge on any atom is 0.262 e. The molecular weight excluding hydrogens is 386 g/mol. The zero-order valence-electron chi connectivity index (χ0n) is 15.8. The van der Waals surface area contributed by atoms with E-state index < -0.39 is 10.8 Å². The van der Waals surface area contributed by atoms with Crippen molar-refractivity contribution in [3.05, 3.63) is 82.7 Å². The molecule has 0 unspecified atom stereocenters. The van der Waals surface area contributed by atoms with Crippen LogP contribution < -0.4 is 5.32 Å². The van der Waals surface area contributed by atoms with Crippen LogP contribution in [0.3, 0.4) is 0 Å². The number of fused-ring (bicyclic) bond motifs is 2. The van der Waals surface area contributed by atoms with Crippen molar-refractivity contribution < 1.29 is 9.00 Å². The van der Waals surface area contributed by atoms with Gasteiger partial charge in [0.15, 0.2) is 0 Å². The van der Waals surface area contributed by atoms with Gasteiger partial charge in [-0.15, -0.1) is 11.3 Å². The van der Waals surface area contributed by atoms with Gasteiger partial charge in [-0.2, -0.15) is 0 Å². The van der Waals surface area contributed by atoms with Crippen molar-refractivity contribution >= 4 is 48.9 Å². The maximum atomic E-state index is 13.1. The van der Waals surface area contributed by atoms with E-state index in [0.717, 1.165) is 26.6 Å². The Balaban J connectivity index is 1.64. The summed E-state index contributed by atoms with van der Waals surface area (Å²) in [6.07, 6.45) is 1.67. The summed E-state index contributed by atoms with van der Waals surface area (Å²) >= 11 is 1.47. The summed E-state index contributed by atoms with van der Waals surface area (Å²) in [4.78, 5) is 13.7. The van der Waals surface area contributed by atoms with Gasteiger partial charge >= 0.3 is 0 Å². The van der Waals surface area contributed by atoms with Crippen LogP contribution in [-0.4, -0.2) is 16.4 Å². The summed E-state index contributed by atoms with van der Waals surface area (Å²) in [6.45, 7) is 1.99. The van der Waals surface area contributed by atoms with Gasteiger partial charge in [0.25, 0.3) is 5.91 Å². The van der Waals surface area contributed by atoms with Crippen LogP contribution >= 0.6 is 11.3 Å². The number of hydrogen-bond acceptors (Lipinski definition) is 3. The average Bonchev–Trinajstić information content (AvgIpc) is 3.05. The van der Waals surface area contributed by atoms with E-state index in [1.807, 2.05) is 43.3 Å². The third-order valence-corrected chi connectivity index (χ3v) is 6.78. The maximum absolute atomic E-state index is 13.1. The van der Waals surface area contributed by atoms with Gasteiger partial charge in [0, 0.05) is 21.8 Å². The molecule has 28 heavy (non-hydrogen) atoms. The van der Waals surface area contributed by atoms with Gasteiger partial charge in [-0.1, -0.05) is 54.6 Å². The van der Waals surface area contributed by atoms with Crippen LogP contribution in [0, 0.1) is 0 Å². The van der Waals surface area contributed by atoms with Gasteiger partial charge in [0.1, 0.15) is 0 Å². The van der Waals surface area contributed by atoms with Crippen molar-refractivity contribution in [2.45, 2.75) is 18.7 Å². The molecule has 5 heteroatoms. The number of nitrogens with one attached hydrogen (secondary N) is 1. The molecule has 0 aliphatic carbocycles. The van der Waals surface area contributed by atoms with Gasteiger partial charge in [0.05, 0.1) is 16.7 Å². The molecule has 142 valence electrons. The van der Waals surface area contributed by atoms with Gasteiger partial charge in [-0.05, 0) is 46.3 Å². The predicted octanol–water partition coefficient (Wildman–Crippen LogP) is 5.42. The molecule has 0 aliphatic heterocycles. The van der Waals surface area contributed by atoms with Crippen LogP contribution in [0.25, 0.3) is 20.9 Å². The zero-order valence-corrected chi connectivity index (χ0v) is 17.4. The monoisotopic (exact) mass is 407 g/mol. The number of thiophene rings is 1. The second-order valence-electron chi connectivity index (χ2n) is 6.93. The minimum absolute atomic E-state index is 0.109. The Hall–Kier alpha value is -2.50. The molecule has 0 radical (unpaired) electrons. The van der Waals surface area contributed by atoms with Crippen molar-refractivity contribution in [1.29, 1.82) is 0 Å². The standard InChI is InChI=1S/C23H21NO2S2/c1-15(17-12-11-16-7-3-4-8-18(16)13-17)24-23(25)22-20(14-28(2)26)19-9-5-6-10-21(19)27-22/h3-13,15H,14H2,1-2H3,(H,24,25)/t15-,28-/m1/s1. The number of amides is 1. The van der Waals surface area contributed by atoms with E-state index in [2.05, 4.69) is 35.6 Å². The molecule has 3 nitrogen and oxygen atoms in total. The largest absolute Gasteiger partial charge is 0.345 e. The molecule has 1 amide bonds. The van der Waals surface area contributed by atoms with E-state index in [4.69, 9.17) is 0 Å². The number of rotatable bonds is 5. The zero-order chi connectivity index (χ0) is 19.7. The summed E-state index contributed by atoms with van der Waals surface area (Å²) in [5.41, 5.74) is 1.94. The second-order valence-corrected chi connectivity index (χ2v) is 9.41. The number of benzene rings is 3. The lowest BCUT2D eigenvalue weighted by Crippen LogP contribution is -2.26. The van der Waals surface area contributed by atoms with Gasteiger partial charge in [0.2, 0.25) is 0 Å². The smallest absolute Gasteiger partial charge is 0.262 e. The third kappa shape index (κ3) is 3.73. The molecular formula is C23H21NO2S2. The molecule has 0 saturated carbocycles. The van der Waals surface area contributed by atoms with E-state index in [-0.39, 0.29) is 11.9 Å². The summed E-state index contributed by atoms with van der Waals surface area (Å²) in [7, 11) is -1.02. The van der Waals surface area contributed by atoms with Crippen LogP contribution in [0.2, 0.25) is 0 Å². The van der Waals surface area contributed by atoms with E-state index in [1.165, 1.54) is 16.7 Å². The first-order chi connectivity index (χ1) is 13.5. The Morgan fingerprint density at radius 2 is 1.75 bits per heavy atom. The van der Waals surface area contributed by atoms with Crippen LogP contribution in [0.5, 0.6) is 0 Å². The lowest BCUT2D eigenvalue weighted by molar-refractivity contribution is 0.0943. The van der Waals surface area contributed by atoms with Crippen molar-refractivity contribution in [3.8, 4) is 0 Å². The normalized spacial score (nSPS) is 13.5. The van der Waals surface area contributed by atoms with E-state index in [9.17, 15) is 9.00 Å². The molecule has 0 bridgehead atoms. The van der Waals surface area contributed by atoms with Crippen LogP contribution in [0.15, 0.2) is 66.7 Å². The minimum atomic E-state index is -1.02. The summed E-state index contributed by atoms with van der Waals surface area (Å²) < 4.78 is 12.9. The Morgan fingerprint density at radius 1 is 1.04 bits per heavy atom. The second kappa shape index (κ2) is 7.86. The van der Waals surface area contributed by atoms with E-state index >= 15 is 0 Å². The fourth-order valence-corrected chi connectivity index (χ4v) is 5.37. The molecule has 0 aliphatic rings. The van der Waals surface area contributed by atoms with Crippen molar-refractivity contribution in [2.75, 3.05) is 6.26 Å². The molecule has 1 N–H and O–H groups in total. The number of carbonyl (C=O) groups excluding carboxylic acids is 1. The van der Waals surface area contributed by atoms with E-state index in [1.54, 1.807) is 6.26 Å². The summed E-state index contributed by atoms with van der Waals surface area (Å²) in [5, 5.41) is 6.48. The Morgan fingerprint density at radius 3 is 2.54 bits per heavy atom. The topological polar surface area (TPSA) is 46.2 Å². The Kier molecular flexibility index (Phi) is 5.29. The van der Waals surface area contributed by atoms with Crippen LogP contribution in [-0.2, 0) is 16.6 Å². The molecule has 4 aromatic rings. The highest BCUT2D eigenvalue weighted by Gasteiger charge is 2.21. The predicted molar refractivity (Wildman–Crippen MR) is 119 cm³/mol. The van der Waals surface area contributed by atoms with Crippen molar-refractivity contribution in [2.24, 2.45) is 0 Å². The molecule has 4 rings (SSSR count). The quantitative estimate of drug-likeness (QED) is 0.480. The fraction of sp³-hybridized carbons (Fsp3) is 0.174. The molecule has 1 heterocycles. The summed E-state index contributed by atoms with van der Waals surface area (Å²) in [6, 6.07) is 22.3. The Labute approximate surface area is 170 Å². The minimum Gasteiger partial charge on any atom is -0.345 e. The van der Waals surface area contributed by atoms with Gasteiger partial charge < -0.3 is 5.32 Å². The lowest BCUT2D eigenvalue weighted by Gasteiger charge is -2.15. The third-order valence-electron chi connectivity index (χ3n) is 4.87. The first-order valence-electron chi connectivity index (χ1n) is 9.13. The fourth-order valence-electron chi connectivity index (χ4n) is 3.45.